The standard InChI is InChI=1S/C10H7ClN8O/c11-7-2-1-6(19-5-13-17-18-19)3-8(7)14-10(20)9-4-12-16-15-9/h1-5H,(H,14,20)(H,12,15,16). The quantitative estimate of drug-likeness (QED) is 0.733. The van der Waals surface area contributed by atoms with Gasteiger partial charge in [-0.05, 0) is 28.6 Å². The van der Waals surface area contributed by atoms with E-state index in [2.05, 4.69) is 36.3 Å². The van der Waals surface area contributed by atoms with Gasteiger partial charge >= 0.3 is 0 Å². The number of H-pyrrole nitrogens is 1. The van der Waals surface area contributed by atoms with E-state index in [9.17, 15) is 4.79 Å². The fourth-order valence-electron chi connectivity index (χ4n) is 1.53. The number of nitrogens with one attached hydrogen (secondary N) is 2. The number of hydrogen-bond donors (Lipinski definition) is 2. The van der Waals surface area contributed by atoms with E-state index in [4.69, 9.17) is 11.6 Å². The third kappa shape index (κ3) is 2.34. The molecule has 0 radical (unpaired) electrons. The van der Waals surface area contributed by atoms with Gasteiger partial charge in [-0.3, -0.25) is 4.79 Å². The molecule has 10 heteroatoms. The van der Waals surface area contributed by atoms with E-state index in [-0.39, 0.29) is 5.69 Å². The normalized spacial score (nSPS) is 10.4. The molecule has 2 aromatic heterocycles. The Morgan fingerprint density at radius 3 is 3.00 bits per heavy atom. The van der Waals surface area contributed by atoms with Crippen LogP contribution in [0.15, 0.2) is 30.7 Å². The van der Waals surface area contributed by atoms with Gasteiger partial charge in [0.25, 0.3) is 5.91 Å². The highest BCUT2D eigenvalue weighted by molar-refractivity contribution is 6.34. The monoisotopic (exact) mass is 290 g/mol. The van der Waals surface area contributed by atoms with Crippen LogP contribution in [0.2, 0.25) is 5.02 Å². The fraction of sp³-hybridized carbons (Fsp3) is 0. The summed E-state index contributed by atoms with van der Waals surface area (Å²) in [5.74, 6) is -0.422. The van der Waals surface area contributed by atoms with Crippen molar-refractivity contribution >= 4 is 23.2 Å². The van der Waals surface area contributed by atoms with Crippen molar-refractivity contribution in [3.05, 3.63) is 41.4 Å². The van der Waals surface area contributed by atoms with Gasteiger partial charge in [0.05, 0.1) is 22.6 Å². The molecule has 3 rings (SSSR count). The zero-order chi connectivity index (χ0) is 13.9. The summed E-state index contributed by atoms with van der Waals surface area (Å²) in [7, 11) is 0. The number of aromatic amines is 1. The number of carbonyl (C=O) groups excluding carboxylic acids is 1. The molecule has 2 N–H and O–H groups in total. The first kappa shape index (κ1) is 12.2. The SMILES string of the molecule is O=C(Nc1cc(-n2cnnn2)ccc1Cl)c1cn[nH]n1. The lowest BCUT2D eigenvalue weighted by molar-refractivity contribution is 0.102. The Balaban J connectivity index is 1.89. The Bertz CT molecular complexity index is 724. The highest BCUT2D eigenvalue weighted by Crippen LogP contribution is 2.24. The van der Waals surface area contributed by atoms with Gasteiger partial charge in [0.15, 0.2) is 5.69 Å². The van der Waals surface area contributed by atoms with Crippen LogP contribution in [0.3, 0.4) is 0 Å². The molecule has 9 nitrogen and oxygen atoms in total. The Hall–Kier alpha value is -2.81. The second kappa shape index (κ2) is 5.05. The Morgan fingerprint density at radius 1 is 1.40 bits per heavy atom. The van der Waals surface area contributed by atoms with E-state index in [0.717, 1.165) is 0 Å². The maximum absolute atomic E-state index is 11.9. The van der Waals surface area contributed by atoms with Gasteiger partial charge in [0.1, 0.15) is 6.33 Å². The largest absolute Gasteiger partial charge is 0.319 e. The average molecular weight is 291 g/mol. The lowest BCUT2D eigenvalue weighted by Crippen LogP contribution is -2.13. The van der Waals surface area contributed by atoms with Crippen molar-refractivity contribution < 1.29 is 4.79 Å². The van der Waals surface area contributed by atoms with Crippen molar-refractivity contribution in [1.82, 2.24) is 35.6 Å². The number of amides is 1. The summed E-state index contributed by atoms with van der Waals surface area (Å²) in [6.45, 7) is 0. The molecule has 2 heterocycles. The molecular weight excluding hydrogens is 284 g/mol. The Kier molecular flexibility index (Phi) is 3.09. The first-order valence-electron chi connectivity index (χ1n) is 5.44. The van der Waals surface area contributed by atoms with Gasteiger partial charge in [0, 0.05) is 0 Å². The van der Waals surface area contributed by atoms with E-state index >= 15 is 0 Å². The molecule has 0 spiro atoms. The molecule has 100 valence electrons. The molecule has 0 unspecified atom stereocenters. The van der Waals surface area contributed by atoms with Crippen LogP contribution < -0.4 is 5.32 Å². The van der Waals surface area contributed by atoms with E-state index < -0.39 is 5.91 Å². The van der Waals surface area contributed by atoms with Crippen LogP contribution in [0.4, 0.5) is 5.69 Å². The third-order valence-corrected chi connectivity index (χ3v) is 2.79. The van der Waals surface area contributed by atoms with Gasteiger partial charge in [-0.25, -0.2) is 4.68 Å². The smallest absolute Gasteiger partial charge is 0.277 e. The minimum atomic E-state index is -0.422. The summed E-state index contributed by atoms with van der Waals surface area (Å²) in [5, 5.41) is 23.5. The van der Waals surface area contributed by atoms with E-state index in [1.807, 2.05) is 0 Å². The maximum Gasteiger partial charge on any atom is 0.277 e. The predicted octanol–water partition coefficient (Wildman–Crippen LogP) is 0.686. The predicted molar refractivity (Wildman–Crippen MR) is 68.5 cm³/mol. The summed E-state index contributed by atoms with van der Waals surface area (Å²) >= 11 is 6.04. The Labute approximate surface area is 116 Å². The number of anilines is 1. The number of tetrazole rings is 1. The molecule has 0 saturated carbocycles. The first-order valence-corrected chi connectivity index (χ1v) is 5.82. The van der Waals surface area contributed by atoms with Crippen LogP contribution in [0, 0.1) is 0 Å². The number of carbonyl (C=O) groups is 1. The molecule has 0 fully saturated rings. The average Bonchev–Trinajstić information content (AvgIpc) is 3.14. The number of rotatable bonds is 3. The summed E-state index contributed by atoms with van der Waals surface area (Å²) in [6.07, 6.45) is 2.75. The summed E-state index contributed by atoms with van der Waals surface area (Å²) in [4.78, 5) is 11.9. The van der Waals surface area contributed by atoms with Crippen molar-refractivity contribution in [2.24, 2.45) is 0 Å². The van der Waals surface area contributed by atoms with E-state index in [1.165, 1.54) is 17.2 Å². The number of hydrogen-bond acceptors (Lipinski definition) is 6. The maximum atomic E-state index is 11.9. The van der Waals surface area contributed by atoms with Crippen molar-refractivity contribution in [1.29, 1.82) is 0 Å². The number of nitrogens with zero attached hydrogens (tertiary/aromatic N) is 6. The zero-order valence-electron chi connectivity index (χ0n) is 9.86. The van der Waals surface area contributed by atoms with Crippen LogP contribution in [0.5, 0.6) is 0 Å². The highest BCUT2D eigenvalue weighted by Gasteiger charge is 2.12. The van der Waals surface area contributed by atoms with Crippen molar-refractivity contribution in [2.75, 3.05) is 5.32 Å². The van der Waals surface area contributed by atoms with Gasteiger partial charge in [-0.15, -0.1) is 5.10 Å². The zero-order valence-corrected chi connectivity index (χ0v) is 10.6. The van der Waals surface area contributed by atoms with Crippen LogP contribution in [-0.4, -0.2) is 41.5 Å². The van der Waals surface area contributed by atoms with Gasteiger partial charge in [-0.2, -0.15) is 15.4 Å². The Morgan fingerprint density at radius 2 is 2.30 bits per heavy atom. The van der Waals surface area contributed by atoms with Gasteiger partial charge < -0.3 is 5.32 Å². The number of halogens is 1. The van der Waals surface area contributed by atoms with Crippen LogP contribution >= 0.6 is 11.6 Å². The van der Waals surface area contributed by atoms with Crippen molar-refractivity contribution in [3.63, 3.8) is 0 Å². The molecule has 0 aliphatic heterocycles. The lowest BCUT2D eigenvalue weighted by Gasteiger charge is -2.07. The second-order valence-corrected chi connectivity index (χ2v) is 4.14. The summed E-state index contributed by atoms with van der Waals surface area (Å²) in [6, 6.07) is 5.01. The number of benzene rings is 1. The lowest BCUT2D eigenvalue weighted by atomic mass is 10.2. The topological polar surface area (TPSA) is 114 Å². The molecule has 1 aromatic carbocycles. The molecule has 0 aliphatic carbocycles. The fourth-order valence-corrected chi connectivity index (χ4v) is 1.69. The van der Waals surface area contributed by atoms with Crippen molar-refractivity contribution in [3.8, 4) is 5.69 Å². The van der Waals surface area contributed by atoms with E-state index in [0.29, 0.717) is 16.4 Å². The van der Waals surface area contributed by atoms with Gasteiger partial charge in [0.2, 0.25) is 0 Å². The van der Waals surface area contributed by atoms with Crippen LogP contribution in [0.25, 0.3) is 5.69 Å². The number of aromatic nitrogens is 7. The van der Waals surface area contributed by atoms with Crippen LogP contribution in [-0.2, 0) is 0 Å². The second-order valence-electron chi connectivity index (χ2n) is 3.73. The minimum absolute atomic E-state index is 0.161. The molecule has 0 aliphatic rings. The molecular formula is C10H7ClN8O. The molecule has 0 saturated heterocycles. The molecule has 1 amide bonds. The molecule has 0 bridgehead atoms. The van der Waals surface area contributed by atoms with Crippen molar-refractivity contribution in [2.45, 2.75) is 0 Å². The highest BCUT2D eigenvalue weighted by atomic mass is 35.5. The third-order valence-electron chi connectivity index (χ3n) is 2.46. The van der Waals surface area contributed by atoms with Gasteiger partial charge in [-0.1, -0.05) is 11.6 Å². The summed E-state index contributed by atoms with van der Waals surface area (Å²) in [5.41, 5.74) is 1.25. The molecule has 0 atom stereocenters. The van der Waals surface area contributed by atoms with Crippen LogP contribution in [0.1, 0.15) is 10.5 Å². The van der Waals surface area contributed by atoms with E-state index in [1.54, 1.807) is 18.2 Å². The first-order chi connectivity index (χ1) is 9.74. The summed E-state index contributed by atoms with van der Waals surface area (Å²) < 4.78 is 1.45. The molecule has 20 heavy (non-hydrogen) atoms. The molecule has 3 aromatic rings. The minimum Gasteiger partial charge on any atom is -0.319 e.